The van der Waals surface area contributed by atoms with Crippen LogP contribution >= 0.6 is 12.6 Å². The van der Waals surface area contributed by atoms with E-state index in [2.05, 4.69) is 43.9 Å². The number of para-hydroxylation sites is 4. The largest absolute Gasteiger partial charge is 0.506 e. The zero-order chi connectivity index (χ0) is 97.6. The Hall–Kier alpha value is -16.6. The number of aromatic hydroxyl groups is 5. The van der Waals surface area contributed by atoms with Gasteiger partial charge in [0.15, 0.2) is 39.5 Å². The minimum atomic E-state index is -1.38. The summed E-state index contributed by atoms with van der Waals surface area (Å²) in [6.07, 6.45) is 12.2. The van der Waals surface area contributed by atoms with Crippen LogP contribution < -0.4 is 78.6 Å². The number of nitrogens with one attached hydrogen (secondary N) is 5. The molecule has 708 valence electrons. The van der Waals surface area contributed by atoms with Gasteiger partial charge in [0.1, 0.15) is 105 Å². The molecule has 0 saturated heterocycles. The van der Waals surface area contributed by atoms with Gasteiger partial charge in [0.2, 0.25) is 0 Å². The Morgan fingerprint density at radius 2 is 0.763 bits per heavy atom. The second-order valence-corrected chi connectivity index (χ2v) is 31.0. The standard InChI is InChI=1S/C22H20N2O6.C19H22N2O6.C17H12F2N4O6.C17H18N2O6.C15H16N2O6S/c25-19-15-8-4-5-9-16(15)24(30-12-13-10-11-13)21(27)17(19)20(26)23-18(22(28)29)14-6-2-1-3-7-14;22-15(23)10-20-18(25)16-17(24)13-8-4-5-9-14(13)21(19(16)26)27-11-12-6-2-1-3-7-12;18-10-2-1-3-11(19)9(10)6-29-23-15-8(4-20-7-22-15)14(26)13(17(23)28)16(27)21-5-12(24)25;1-9(17(23)24)18-15(21)13-14(20)11-4-2-3-5-12(11)19(16(13)22)25-8-10-6-7-10;18-11(19)8-16-14(21)12-13(20)9-4-1-2-5-10(9)17(15(12)22)23-6-3-7-24/h1-9,13,18,25H,10-12H2,(H,23,26)(H,28,29);4-5,8-9,12,24H,1-3,6-7,10-11H2,(H,20,25)(H,22,23);1-4,7,26H,5-6H2,(H,21,27)(H,24,25);2-5,9-10,20H,6-8H2,1H3,(H,18,21)(H,23,24);1-2,4-5,20,24H,3,6-8H2,(H,16,21)(H,18,19)/t18-;;;9-;/m0..0./s1. The van der Waals surface area contributed by atoms with Crippen LogP contribution in [-0.4, -0.2) is 202 Å². The lowest BCUT2D eigenvalue weighted by Gasteiger charge is -2.22. The van der Waals surface area contributed by atoms with Crippen LogP contribution in [0.2, 0.25) is 0 Å². The van der Waals surface area contributed by atoms with Crippen molar-refractivity contribution >= 4 is 127 Å². The molecule has 5 amide bonds. The molecule has 12 aromatic rings. The molecule has 15 N–H and O–H groups in total. The van der Waals surface area contributed by atoms with Crippen LogP contribution in [0.15, 0.2) is 182 Å². The molecule has 15 rings (SSSR count). The number of halogens is 2. The van der Waals surface area contributed by atoms with Crippen molar-refractivity contribution in [3.63, 3.8) is 0 Å². The number of hydrogen-bond acceptors (Lipinski definition) is 28. The fraction of sp³-hybridized carbons (Fsp3) is 0.278. The first-order chi connectivity index (χ1) is 64.6. The molecular weight excluding hydrogens is 1800 g/mol. The van der Waals surface area contributed by atoms with Crippen LogP contribution in [0.5, 0.6) is 28.7 Å². The Morgan fingerprint density at radius 1 is 0.415 bits per heavy atom. The van der Waals surface area contributed by atoms with Gasteiger partial charge >= 0.3 is 35.4 Å². The zero-order valence-electron chi connectivity index (χ0n) is 71.3. The van der Waals surface area contributed by atoms with Crippen LogP contribution in [0, 0.1) is 29.4 Å². The fourth-order valence-electron chi connectivity index (χ4n) is 13.6. The van der Waals surface area contributed by atoms with E-state index in [9.17, 15) is 111 Å². The van der Waals surface area contributed by atoms with Crippen LogP contribution in [0.25, 0.3) is 54.6 Å². The predicted molar refractivity (Wildman–Crippen MR) is 477 cm³/mol. The van der Waals surface area contributed by atoms with Crippen LogP contribution in [0.3, 0.4) is 0 Å². The van der Waals surface area contributed by atoms with Crippen molar-refractivity contribution in [2.45, 2.75) is 89.8 Å². The highest BCUT2D eigenvalue weighted by molar-refractivity contribution is 7.80. The molecule has 45 heteroatoms. The van der Waals surface area contributed by atoms with E-state index in [-0.39, 0.29) is 39.2 Å². The highest BCUT2D eigenvalue weighted by Gasteiger charge is 2.34. The minimum Gasteiger partial charge on any atom is -0.506 e. The summed E-state index contributed by atoms with van der Waals surface area (Å²) >= 11 is 4.06. The van der Waals surface area contributed by atoms with Gasteiger partial charge in [-0.15, -0.1) is 23.7 Å². The number of carboxylic acids is 5. The molecule has 3 aliphatic carbocycles. The molecule has 0 spiro atoms. The van der Waals surface area contributed by atoms with E-state index < -0.39 is 199 Å². The summed E-state index contributed by atoms with van der Waals surface area (Å²) in [5.41, 5.74) is -6.70. The Balaban J connectivity index is 0.000000163. The Morgan fingerprint density at radius 3 is 1.13 bits per heavy atom. The van der Waals surface area contributed by atoms with Gasteiger partial charge in [-0.25, -0.2) is 23.5 Å². The van der Waals surface area contributed by atoms with Crippen molar-refractivity contribution in [3.05, 3.63) is 260 Å². The van der Waals surface area contributed by atoms with E-state index in [0.29, 0.717) is 82.1 Å². The van der Waals surface area contributed by atoms with Gasteiger partial charge < -0.3 is 102 Å². The van der Waals surface area contributed by atoms with Crippen LogP contribution in [0.4, 0.5) is 8.78 Å². The number of nitrogens with zero attached hydrogens (tertiary/aromatic N) is 7. The molecule has 6 heterocycles. The number of carbonyl (C=O) groups is 10. The Bertz CT molecular complexity index is 6860. The number of pyridine rings is 5. The molecule has 42 nitrogen and oxygen atoms in total. The zero-order valence-corrected chi connectivity index (χ0v) is 72.2. The van der Waals surface area contributed by atoms with Gasteiger partial charge in [-0.1, -0.05) is 104 Å². The van der Waals surface area contributed by atoms with Crippen LogP contribution in [0.1, 0.15) is 140 Å². The van der Waals surface area contributed by atoms with E-state index in [1.54, 1.807) is 121 Å². The van der Waals surface area contributed by atoms with E-state index in [4.69, 9.17) is 44.6 Å². The van der Waals surface area contributed by atoms with E-state index >= 15 is 0 Å². The van der Waals surface area contributed by atoms with Gasteiger partial charge in [-0.05, 0) is 142 Å². The van der Waals surface area contributed by atoms with Gasteiger partial charge in [0, 0.05) is 27.7 Å². The summed E-state index contributed by atoms with van der Waals surface area (Å²) in [5, 5.41) is 108. The monoisotopic (exact) mass is 1890 g/mol. The number of aromatic nitrogens is 7. The highest BCUT2D eigenvalue weighted by atomic mass is 32.1. The summed E-state index contributed by atoms with van der Waals surface area (Å²) < 4.78 is 32.1. The highest BCUT2D eigenvalue weighted by Crippen LogP contribution is 2.34. The second-order valence-electron chi connectivity index (χ2n) is 30.5. The number of fused-ring (bicyclic) bond motifs is 5. The molecule has 0 aliphatic heterocycles. The number of carbonyl (C=O) groups excluding carboxylic acids is 5. The fourth-order valence-corrected chi connectivity index (χ4v) is 13.7. The van der Waals surface area contributed by atoms with Crippen molar-refractivity contribution in [1.29, 1.82) is 0 Å². The molecule has 3 fully saturated rings. The number of amides is 5. The number of benzene rings is 6. The first-order valence-corrected chi connectivity index (χ1v) is 42.1. The molecule has 6 aromatic heterocycles. The van der Waals surface area contributed by atoms with Crippen molar-refractivity contribution in [3.8, 4) is 28.7 Å². The number of thiol groups is 1. The minimum absolute atomic E-state index is 0.179. The van der Waals surface area contributed by atoms with E-state index in [0.717, 1.165) is 101 Å². The third-order valence-corrected chi connectivity index (χ3v) is 21.2. The number of hydrogen-bond donors (Lipinski definition) is 16. The van der Waals surface area contributed by atoms with E-state index in [1.807, 2.05) is 5.32 Å². The summed E-state index contributed by atoms with van der Waals surface area (Å²) in [4.78, 5) is 215. The smallest absolute Gasteiger partial charge is 0.330 e. The van der Waals surface area contributed by atoms with Crippen molar-refractivity contribution in [1.82, 2.24) is 60.2 Å². The maximum atomic E-state index is 13.8. The summed E-state index contributed by atoms with van der Waals surface area (Å²) in [6, 6.07) is 34.6. The maximum Gasteiger partial charge on any atom is 0.330 e. The SMILES string of the molecule is C[C@H](NC(=O)c1c(O)c2ccccc2n(OCC2CC2)c1=O)C(=O)O.O=C(N[C@H](C(=O)O)c1ccccc1)c1c(O)c2ccccc2n(OCC2CC2)c1=O.O=C(O)CNC(=O)c1c(O)c2ccccc2n(OCC2CCCCC2)c1=O.O=C(O)CNC(=O)c1c(O)c2ccccc2n(OCCCS)c1=O.O=C(O)CNC(=O)c1c(O)c2cncnc2n(OCc2c(F)cccc2F)c1=O. The first-order valence-electron chi connectivity index (χ1n) is 41.5. The summed E-state index contributed by atoms with van der Waals surface area (Å²) in [7, 11) is 0. The van der Waals surface area contributed by atoms with Crippen molar-refractivity contribution in [2.24, 2.45) is 17.8 Å². The number of rotatable bonds is 32. The average Bonchev–Trinajstić information content (AvgIpc) is 1.63. The maximum absolute atomic E-state index is 13.8. The van der Waals surface area contributed by atoms with Gasteiger partial charge in [-0.3, -0.25) is 67.1 Å². The molecular formula is C90H88F2N12O30S. The molecule has 6 aromatic carbocycles. The molecule has 2 atom stereocenters. The Labute approximate surface area is 763 Å². The summed E-state index contributed by atoms with van der Waals surface area (Å²) in [6.45, 7) is -0.447. The molecule has 0 radical (unpaired) electrons. The molecule has 3 aliphatic rings. The van der Waals surface area contributed by atoms with Crippen LogP contribution in [-0.2, 0) is 30.6 Å². The third kappa shape index (κ3) is 24.1. The lowest BCUT2D eigenvalue weighted by atomic mass is 9.90. The van der Waals surface area contributed by atoms with Gasteiger partial charge in [0.05, 0.1) is 33.0 Å². The predicted octanol–water partition coefficient (Wildman–Crippen LogP) is 4.87. The molecule has 0 unspecified atom stereocenters. The lowest BCUT2D eigenvalue weighted by Crippen LogP contribution is -2.42. The number of carboxylic acid groups (broad SMARTS) is 5. The molecule has 3 saturated carbocycles. The lowest BCUT2D eigenvalue weighted by molar-refractivity contribution is -0.140. The summed E-state index contributed by atoms with van der Waals surface area (Å²) in [5.74, 6) is -14.6. The molecule has 0 bridgehead atoms. The Kier molecular flexibility index (Phi) is 33.2. The average molecular weight is 1890 g/mol. The van der Waals surface area contributed by atoms with E-state index in [1.165, 1.54) is 19.4 Å². The van der Waals surface area contributed by atoms with Gasteiger partial charge in [0.25, 0.3) is 51.8 Å². The first kappa shape index (κ1) is 98.9. The van der Waals surface area contributed by atoms with Gasteiger partial charge in [-0.2, -0.15) is 12.6 Å². The van der Waals surface area contributed by atoms with Crippen molar-refractivity contribution < 1.29 is 132 Å². The third-order valence-electron chi connectivity index (χ3n) is 20.9. The quantitative estimate of drug-likeness (QED) is 0.0197. The topological polar surface area (TPSA) is 615 Å². The number of aliphatic carboxylic acids is 5. The van der Waals surface area contributed by atoms with Crippen molar-refractivity contribution in [2.75, 3.05) is 51.8 Å². The second kappa shape index (κ2) is 45.3. The normalized spacial score (nSPS) is 13.1. The molecule has 135 heavy (non-hydrogen) atoms.